The van der Waals surface area contributed by atoms with Crippen molar-refractivity contribution in [1.82, 2.24) is 9.97 Å². The van der Waals surface area contributed by atoms with Gasteiger partial charge in [-0.3, -0.25) is 0 Å². The lowest BCUT2D eigenvalue weighted by Gasteiger charge is -2.02. The Balaban J connectivity index is 2.00. The zero-order valence-corrected chi connectivity index (χ0v) is 17.3. The van der Waals surface area contributed by atoms with E-state index in [0.717, 1.165) is 41.0 Å². The van der Waals surface area contributed by atoms with Crippen molar-refractivity contribution in [3.63, 3.8) is 0 Å². The lowest BCUT2D eigenvalue weighted by atomic mass is 10.1. The fourth-order valence-electron chi connectivity index (χ4n) is 2.85. The van der Waals surface area contributed by atoms with Crippen molar-refractivity contribution in [3.8, 4) is 24.3 Å². The van der Waals surface area contributed by atoms with Gasteiger partial charge in [0.25, 0.3) is 0 Å². The van der Waals surface area contributed by atoms with E-state index in [1.807, 2.05) is 13.8 Å². The molecule has 11 heteroatoms. The molecule has 0 bridgehead atoms. The number of thiazole rings is 2. The molecule has 29 heavy (non-hydrogen) atoms. The quantitative estimate of drug-likeness (QED) is 0.410. The fraction of sp³-hybridized carbons (Fsp3) is 0.111. The smallest absolute Gasteiger partial charge is 0.218 e. The highest BCUT2D eigenvalue weighted by atomic mass is 32.1. The van der Waals surface area contributed by atoms with Crippen LogP contribution in [0, 0.1) is 59.2 Å². The number of thiophene rings is 1. The van der Waals surface area contributed by atoms with Gasteiger partial charge in [0.05, 0.1) is 14.9 Å². The van der Waals surface area contributed by atoms with E-state index in [2.05, 4.69) is 20.0 Å². The molecule has 136 valence electrons. The molecule has 4 rings (SSSR count). The van der Waals surface area contributed by atoms with Crippen LogP contribution in [0.4, 0.5) is 10.3 Å². The van der Waals surface area contributed by atoms with E-state index >= 15 is 0 Å². The second-order valence-electron chi connectivity index (χ2n) is 5.73. The van der Waals surface area contributed by atoms with Gasteiger partial charge in [-0.25, -0.2) is 9.97 Å². The first-order valence-corrected chi connectivity index (χ1v) is 10.4. The third kappa shape index (κ3) is 2.91. The molecule has 0 atom stereocenters. The van der Waals surface area contributed by atoms with E-state index < -0.39 is 0 Å². The van der Waals surface area contributed by atoms with Crippen molar-refractivity contribution in [1.29, 1.82) is 21.0 Å². The Bertz CT molecular complexity index is 1540. The van der Waals surface area contributed by atoms with E-state index in [1.165, 1.54) is 34.0 Å². The Hall–Kier alpha value is -3.74. The van der Waals surface area contributed by atoms with Crippen LogP contribution in [0.2, 0.25) is 0 Å². The van der Waals surface area contributed by atoms with Crippen LogP contribution in [0.15, 0.2) is 9.98 Å². The molecule has 0 aliphatic carbocycles. The minimum atomic E-state index is -0.237. The van der Waals surface area contributed by atoms with Crippen LogP contribution in [-0.2, 0) is 0 Å². The number of fused-ring (bicyclic) bond motifs is 4. The minimum Gasteiger partial charge on any atom is -0.218 e. The summed E-state index contributed by atoms with van der Waals surface area (Å²) in [4.78, 5) is 17.8. The molecule has 0 aliphatic heterocycles. The largest absolute Gasteiger partial charge is 0.220 e. The average molecular weight is 431 g/mol. The number of nitrogens with zero attached hydrogens (tertiary/aromatic N) is 8. The Morgan fingerprint density at radius 2 is 1.28 bits per heavy atom. The number of aromatic nitrogens is 2. The maximum Gasteiger partial charge on any atom is 0.220 e. The standard InChI is InChI=1S/C18H6N8S3/c1-7-11-13(27-16-15(11)29-18(26-16)24-10(5-21)6-22)8(2)12-14(7)28-17(25-12)23-9(3-19)4-20/h1-2H3. The molecule has 3 aromatic heterocycles. The number of rotatable bonds is 2. The molecule has 0 saturated carbocycles. The first-order chi connectivity index (χ1) is 14.0. The van der Waals surface area contributed by atoms with Crippen LogP contribution in [-0.4, -0.2) is 21.4 Å². The van der Waals surface area contributed by atoms with Crippen molar-refractivity contribution in [2.24, 2.45) is 9.98 Å². The molecule has 0 N–H and O–H groups in total. The maximum absolute atomic E-state index is 8.93. The molecular weight excluding hydrogens is 424 g/mol. The van der Waals surface area contributed by atoms with Gasteiger partial charge < -0.3 is 0 Å². The normalized spacial score (nSPS) is 10.3. The van der Waals surface area contributed by atoms with E-state index in [4.69, 9.17) is 21.0 Å². The van der Waals surface area contributed by atoms with Gasteiger partial charge in [-0.15, -0.1) is 11.3 Å². The lowest BCUT2D eigenvalue weighted by Crippen LogP contribution is -1.85. The predicted molar refractivity (Wildman–Crippen MR) is 114 cm³/mol. The Kier molecular flexibility index (Phi) is 4.50. The summed E-state index contributed by atoms with van der Waals surface area (Å²) >= 11 is 4.15. The maximum atomic E-state index is 8.93. The number of hydrogen-bond acceptors (Lipinski definition) is 11. The first kappa shape index (κ1) is 18.6. The monoisotopic (exact) mass is 430 g/mol. The van der Waals surface area contributed by atoms with Gasteiger partial charge in [0.1, 0.15) is 29.1 Å². The summed E-state index contributed by atoms with van der Waals surface area (Å²) in [6.07, 6.45) is 0. The number of aryl methyl sites for hydroxylation is 2. The van der Waals surface area contributed by atoms with E-state index in [1.54, 1.807) is 24.3 Å². The van der Waals surface area contributed by atoms with E-state index in [-0.39, 0.29) is 11.4 Å². The zero-order chi connectivity index (χ0) is 20.7. The summed E-state index contributed by atoms with van der Waals surface area (Å²) in [5.41, 5.74) is 2.29. The van der Waals surface area contributed by atoms with Crippen molar-refractivity contribution < 1.29 is 0 Å². The van der Waals surface area contributed by atoms with Gasteiger partial charge in [-0.2, -0.15) is 31.0 Å². The lowest BCUT2D eigenvalue weighted by molar-refractivity contribution is 1.38. The topological polar surface area (TPSA) is 146 Å². The highest BCUT2D eigenvalue weighted by molar-refractivity contribution is 7.33. The highest BCUT2D eigenvalue weighted by Gasteiger charge is 2.20. The summed E-state index contributed by atoms with van der Waals surface area (Å²) in [5, 5.41) is 37.4. The second kappa shape index (κ2) is 7.01. The Morgan fingerprint density at radius 1 is 0.724 bits per heavy atom. The summed E-state index contributed by atoms with van der Waals surface area (Å²) in [5.74, 6) is 0. The van der Waals surface area contributed by atoms with Crippen LogP contribution in [0.3, 0.4) is 0 Å². The molecular formula is C18H6N8S3. The van der Waals surface area contributed by atoms with Crippen molar-refractivity contribution in [2.75, 3.05) is 0 Å². The van der Waals surface area contributed by atoms with Crippen LogP contribution in [0.1, 0.15) is 11.1 Å². The third-order valence-electron chi connectivity index (χ3n) is 4.10. The number of aliphatic imine (C=N–C) groups is 2. The highest BCUT2D eigenvalue weighted by Crippen LogP contribution is 2.47. The van der Waals surface area contributed by atoms with Crippen LogP contribution >= 0.6 is 34.0 Å². The number of benzene rings is 1. The molecule has 0 fully saturated rings. The first-order valence-electron chi connectivity index (χ1n) is 7.91. The van der Waals surface area contributed by atoms with Crippen LogP contribution in [0.25, 0.3) is 29.8 Å². The van der Waals surface area contributed by atoms with Gasteiger partial charge in [0.2, 0.25) is 21.7 Å². The molecule has 3 heterocycles. The molecule has 0 spiro atoms. The third-order valence-corrected chi connectivity index (χ3v) is 7.47. The van der Waals surface area contributed by atoms with E-state index in [0.29, 0.717) is 10.3 Å². The number of nitriles is 4. The SMILES string of the molecule is Cc1c2nc(N=C(C#N)C#N)sc2c(C)c2c1sc1nc(N=C(C#N)C#N)sc12. The molecule has 1 aromatic carbocycles. The molecule has 0 radical (unpaired) electrons. The van der Waals surface area contributed by atoms with Crippen LogP contribution < -0.4 is 0 Å². The predicted octanol–water partition coefficient (Wildman–Crippen LogP) is 4.98. The van der Waals surface area contributed by atoms with Gasteiger partial charge >= 0.3 is 0 Å². The average Bonchev–Trinajstić information content (AvgIpc) is 3.40. The van der Waals surface area contributed by atoms with Gasteiger partial charge in [-0.05, 0) is 25.0 Å². The molecule has 4 aromatic rings. The van der Waals surface area contributed by atoms with E-state index in [9.17, 15) is 0 Å². The molecule has 8 nitrogen and oxygen atoms in total. The Labute approximate surface area is 175 Å². The summed E-state index contributed by atoms with van der Waals surface area (Å²) in [6.45, 7) is 3.95. The van der Waals surface area contributed by atoms with Gasteiger partial charge in [-0.1, -0.05) is 22.7 Å². The van der Waals surface area contributed by atoms with Crippen molar-refractivity contribution >= 4 is 85.5 Å². The second-order valence-corrected chi connectivity index (χ2v) is 8.68. The van der Waals surface area contributed by atoms with Crippen LogP contribution in [0.5, 0.6) is 0 Å². The fourth-order valence-corrected chi connectivity index (χ4v) is 6.31. The summed E-state index contributed by atoms with van der Waals surface area (Å²) in [6, 6.07) is 6.97. The van der Waals surface area contributed by atoms with Crippen molar-refractivity contribution in [3.05, 3.63) is 11.1 Å². The number of hydrogen-bond donors (Lipinski definition) is 0. The van der Waals surface area contributed by atoms with Gasteiger partial charge in [0.15, 0.2) is 0 Å². The zero-order valence-electron chi connectivity index (χ0n) is 14.8. The summed E-state index contributed by atoms with van der Waals surface area (Å²) < 4.78 is 2.91. The Morgan fingerprint density at radius 3 is 1.86 bits per heavy atom. The minimum absolute atomic E-state index is 0.234. The molecule has 0 saturated heterocycles. The van der Waals surface area contributed by atoms with Crippen molar-refractivity contribution in [2.45, 2.75) is 13.8 Å². The summed E-state index contributed by atoms with van der Waals surface area (Å²) in [7, 11) is 0. The van der Waals surface area contributed by atoms with Gasteiger partial charge in [0, 0.05) is 10.1 Å². The molecule has 0 unspecified atom stereocenters. The molecule has 0 amide bonds. The molecule has 0 aliphatic rings.